The number of hydrogen-bond acceptors (Lipinski definition) is 7. The first-order valence-corrected chi connectivity index (χ1v) is 9.08. The third kappa shape index (κ3) is 3.71. The first-order chi connectivity index (χ1) is 11.4. The van der Waals surface area contributed by atoms with Gasteiger partial charge in [-0.05, 0) is 18.9 Å². The van der Waals surface area contributed by atoms with Crippen LogP contribution < -0.4 is 9.62 Å². The predicted octanol–water partition coefficient (Wildman–Crippen LogP) is -0.480. The fraction of sp³-hybridized carbons (Fsp3) is 0.500. The second-order valence-corrected chi connectivity index (χ2v) is 7.71. The SMILES string of the molecule is Cn1cnc(S(=O)(=O)NC[C@]2(O)CCCN(c3ncccn3)C2)c1. The van der Waals surface area contributed by atoms with Crippen molar-refractivity contribution < 1.29 is 13.5 Å². The number of piperidine rings is 1. The molecule has 3 heterocycles. The smallest absolute Gasteiger partial charge is 0.259 e. The number of rotatable bonds is 5. The number of imidazole rings is 1. The van der Waals surface area contributed by atoms with Crippen LogP contribution in [0.15, 0.2) is 36.0 Å². The zero-order chi connectivity index (χ0) is 17.2. The minimum atomic E-state index is -3.75. The van der Waals surface area contributed by atoms with Gasteiger partial charge in [0, 0.05) is 38.7 Å². The van der Waals surface area contributed by atoms with Crippen molar-refractivity contribution in [1.29, 1.82) is 0 Å². The average molecular weight is 352 g/mol. The van der Waals surface area contributed by atoms with Crippen molar-refractivity contribution in [3.8, 4) is 0 Å². The summed E-state index contributed by atoms with van der Waals surface area (Å²) in [6.07, 6.45) is 7.33. The van der Waals surface area contributed by atoms with E-state index < -0.39 is 15.6 Å². The van der Waals surface area contributed by atoms with Gasteiger partial charge >= 0.3 is 0 Å². The lowest BCUT2D eigenvalue weighted by molar-refractivity contribution is 0.0307. The Kier molecular flexibility index (Phi) is 4.52. The number of nitrogens with zero attached hydrogens (tertiary/aromatic N) is 5. The summed E-state index contributed by atoms with van der Waals surface area (Å²) in [5, 5.41) is 10.7. The molecule has 2 aromatic heterocycles. The normalized spacial score (nSPS) is 21.8. The monoisotopic (exact) mass is 352 g/mol. The van der Waals surface area contributed by atoms with Crippen molar-refractivity contribution in [2.75, 3.05) is 24.5 Å². The van der Waals surface area contributed by atoms with Gasteiger partial charge < -0.3 is 14.6 Å². The van der Waals surface area contributed by atoms with E-state index >= 15 is 0 Å². The van der Waals surface area contributed by atoms with E-state index in [4.69, 9.17) is 0 Å². The van der Waals surface area contributed by atoms with E-state index in [9.17, 15) is 13.5 Å². The average Bonchev–Trinajstić information content (AvgIpc) is 3.02. The van der Waals surface area contributed by atoms with E-state index in [1.807, 2.05) is 4.90 Å². The number of aliphatic hydroxyl groups is 1. The van der Waals surface area contributed by atoms with Crippen molar-refractivity contribution in [2.45, 2.75) is 23.5 Å². The molecule has 2 aromatic rings. The van der Waals surface area contributed by atoms with Crippen LogP contribution in [0.25, 0.3) is 0 Å². The molecule has 0 spiro atoms. The van der Waals surface area contributed by atoms with Crippen LogP contribution in [0.5, 0.6) is 0 Å². The molecule has 1 fully saturated rings. The molecule has 10 heteroatoms. The summed E-state index contributed by atoms with van der Waals surface area (Å²) in [5.74, 6) is 0.531. The molecule has 24 heavy (non-hydrogen) atoms. The summed E-state index contributed by atoms with van der Waals surface area (Å²) >= 11 is 0. The lowest BCUT2D eigenvalue weighted by Crippen LogP contribution is -2.54. The molecule has 1 aliphatic rings. The van der Waals surface area contributed by atoms with Crippen LogP contribution in [-0.2, 0) is 17.1 Å². The number of β-amino-alcohol motifs (C(OH)–C–C–N with tert-alkyl or cyclic N) is 1. The molecule has 0 aromatic carbocycles. The largest absolute Gasteiger partial charge is 0.387 e. The van der Waals surface area contributed by atoms with Crippen LogP contribution >= 0.6 is 0 Å². The maximum absolute atomic E-state index is 12.2. The molecule has 0 bridgehead atoms. The Hall–Kier alpha value is -2.04. The number of anilines is 1. The molecule has 0 amide bonds. The molecule has 130 valence electrons. The van der Waals surface area contributed by atoms with Gasteiger partial charge in [0.2, 0.25) is 5.95 Å². The van der Waals surface area contributed by atoms with E-state index in [0.29, 0.717) is 12.4 Å². The van der Waals surface area contributed by atoms with E-state index in [1.165, 1.54) is 12.5 Å². The summed E-state index contributed by atoms with van der Waals surface area (Å²) in [6.45, 7) is 0.899. The number of nitrogens with one attached hydrogen (secondary N) is 1. The Bertz CT molecular complexity index is 794. The van der Waals surface area contributed by atoms with Gasteiger partial charge in [0.1, 0.15) is 0 Å². The zero-order valence-electron chi connectivity index (χ0n) is 13.3. The van der Waals surface area contributed by atoms with Crippen molar-refractivity contribution in [3.63, 3.8) is 0 Å². The van der Waals surface area contributed by atoms with Crippen molar-refractivity contribution >= 4 is 16.0 Å². The molecule has 2 N–H and O–H groups in total. The fourth-order valence-corrected chi connectivity index (χ4v) is 3.81. The summed E-state index contributed by atoms with van der Waals surface area (Å²) < 4.78 is 28.5. The summed E-state index contributed by atoms with van der Waals surface area (Å²) in [5.41, 5.74) is -1.18. The Balaban J connectivity index is 1.67. The second-order valence-electron chi connectivity index (χ2n) is 6.00. The second kappa shape index (κ2) is 6.46. The maximum Gasteiger partial charge on any atom is 0.259 e. The molecule has 1 atom stereocenters. The van der Waals surface area contributed by atoms with Crippen LogP contribution in [-0.4, -0.2) is 58.3 Å². The Morgan fingerprint density at radius 1 is 1.33 bits per heavy atom. The lowest BCUT2D eigenvalue weighted by Gasteiger charge is -2.39. The highest BCUT2D eigenvalue weighted by molar-refractivity contribution is 7.89. The van der Waals surface area contributed by atoms with Crippen molar-refractivity contribution in [1.82, 2.24) is 24.2 Å². The van der Waals surface area contributed by atoms with Gasteiger partial charge in [-0.2, -0.15) is 0 Å². The molecule has 1 saturated heterocycles. The van der Waals surface area contributed by atoms with E-state index in [-0.39, 0.29) is 18.1 Å². The number of sulfonamides is 1. The summed E-state index contributed by atoms with van der Waals surface area (Å²) in [4.78, 5) is 14.1. The van der Waals surface area contributed by atoms with Gasteiger partial charge in [0.25, 0.3) is 10.0 Å². The molecule has 0 aliphatic carbocycles. The minimum Gasteiger partial charge on any atom is -0.387 e. The third-order valence-corrected chi connectivity index (χ3v) is 5.22. The van der Waals surface area contributed by atoms with Crippen LogP contribution in [0.1, 0.15) is 12.8 Å². The topological polar surface area (TPSA) is 113 Å². The molecule has 0 unspecified atom stereocenters. The molecule has 9 nitrogen and oxygen atoms in total. The van der Waals surface area contributed by atoms with Crippen molar-refractivity contribution in [3.05, 3.63) is 31.0 Å². The molecule has 0 saturated carbocycles. The van der Waals surface area contributed by atoms with E-state index in [0.717, 1.165) is 13.0 Å². The van der Waals surface area contributed by atoms with Crippen LogP contribution in [0.2, 0.25) is 0 Å². The first kappa shape index (κ1) is 16.8. The number of aryl methyl sites for hydroxylation is 1. The van der Waals surface area contributed by atoms with Gasteiger partial charge in [-0.15, -0.1) is 0 Å². The summed E-state index contributed by atoms with van der Waals surface area (Å²) in [7, 11) is -2.06. The van der Waals surface area contributed by atoms with Gasteiger partial charge in [-0.3, -0.25) is 0 Å². The zero-order valence-corrected chi connectivity index (χ0v) is 14.1. The van der Waals surface area contributed by atoms with Crippen LogP contribution in [0, 0.1) is 0 Å². The molecule has 3 rings (SSSR count). The van der Waals surface area contributed by atoms with Crippen molar-refractivity contribution in [2.24, 2.45) is 7.05 Å². The first-order valence-electron chi connectivity index (χ1n) is 7.60. The number of aromatic nitrogens is 4. The predicted molar refractivity (Wildman–Crippen MR) is 86.8 cm³/mol. The molecule has 0 radical (unpaired) electrons. The van der Waals surface area contributed by atoms with Gasteiger partial charge in [-0.1, -0.05) is 0 Å². The number of hydrogen-bond donors (Lipinski definition) is 2. The molecular formula is C14H20N6O3S. The molecular weight excluding hydrogens is 332 g/mol. The summed E-state index contributed by atoms with van der Waals surface area (Å²) in [6, 6.07) is 1.72. The quantitative estimate of drug-likeness (QED) is 0.747. The highest BCUT2D eigenvalue weighted by atomic mass is 32.2. The lowest BCUT2D eigenvalue weighted by atomic mass is 9.93. The van der Waals surface area contributed by atoms with Gasteiger partial charge in [0.05, 0.1) is 18.5 Å². The highest BCUT2D eigenvalue weighted by Crippen LogP contribution is 2.23. The Morgan fingerprint density at radius 3 is 2.75 bits per heavy atom. The van der Waals surface area contributed by atoms with Gasteiger partial charge in [0.15, 0.2) is 5.03 Å². The fourth-order valence-electron chi connectivity index (χ4n) is 2.71. The Morgan fingerprint density at radius 2 is 2.08 bits per heavy atom. The maximum atomic E-state index is 12.2. The van der Waals surface area contributed by atoms with Gasteiger partial charge in [-0.25, -0.2) is 28.1 Å². The third-order valence-electron chi connectivity index (χ3n) is 3.94. The van der Waals surface area contributed by atoms with E-state index in [2.05, 4.69) is 19.7 Å². The highest BCUT2D eigenvalue weighted by Gasteiger charge is 2.35. The minimum absolute atomic E-state index is 0.0624. The van der Waals surface area contributed by atoms with Crippen LogP contribution in [0.3, 0.4) is 0 Å². The van der Waals surface area contributed by atoms with E-state index in [1.54, 1.807) is 30.1 Å². The molecule has 1 aliphatic heterocycles. The van der Waals surface area contributed by atoms with Crippen LogP contribution in [0.4, 0.5) is 5.95 Å². The Labute approximate surface area is 140 Å². The standard InChI is InChI=1S/C14H20N6O3S/c1-19-8-12(17-11-19)24(22,23)18-9-14(21)4-2-7-20(10-14)13-15-5-3-6-16-13/h3,5-6,8,11,18,21H,2,4,7,9-10H2,1H3/t14-/m1/s1.